The first-order valence-electron chi connectivity index (χ1n) is 4.45. The van der Waals surface area contributed by atoms with Gasteiger partial charge in [0, 0.05) is 0 Å². The lowest BCUT2D eigenvalue weighted by Crippen LogP contribution is -2.15. The van der Waals surface area contributed by atoms with Crippen LogP contribution in [-0.4, -0.2) is 13.1 Å². The Labute approximate surface area is 74.6 Å². The third-order valence-corrected chi connectivity index (χ3v) is 1.83. The second-order valence-corrected chi connectivity index (χ2v) is 2.81. The molecule has 0 heterocycles. The summed E-state index contributed by atoms with van der Waals surface area (Å²) < 4.78 is 4.69. The Morgan fingerprint density at radius 1 is 1.58 bits per heavy atom. The highest BCUT2D eigenvalue weighted by Gasteiger charge is 2.15. The zero-order valence-electron chi connectivity index (χ0n) is 8.17. The van der Waals surface area contributed by atoms with Gasteiger partial charge in [-0.2, -0.15) is 0 Å². The van der Waals surface area contributed by atoms with Gasteiger partial charge in [-0.05, 0) is 19.8 Å². The molecule has 0 radical (unpaired) electrons. The predicted octanol–water partition coefficient (Wildman–Crippen LogP) is 2.54. The second kappa shape index (κ2) is 6.89. The van der Waals surface area contributed by atoms with Crippen LogP contribution in [0.3, 0.4) is 0 Å². The highest BCUT2D eigenvalue weighted by Crippen LogP contribution is 2.13. The van der Waals surface area contributed by atoms with Crippen molar-refractivity contribution in [1.82, 2.24) is 0 Å². The molecule has 0 saturated carbocycles. The smallest absolute Gasteiger partial charge is 0.308 e. The summed E-state index contributed by atoms with van der Waals surface area (Å²) in [5, 5.41) is 0. The maximum absolute atomic E-state index is 11.2. The molecular weight excluding hydrogens is 152 g/mol. The van der Waals surface area contributed by atoms with E-state index in [1.807, 2.05) is 19.1 Å². The lowest BCUT2D eigenvalue weighted by Gasteiger charge is -2.10. The molecule has 0 bridgehead atoms. The summed E-state index contributed by atoms with van der Waals surface area (Å²) in [6.07, 6.45) is 6.72. The van der Waals surface area contributed by atoms with Crippen molar-refractivity contribution in [2.24, 2.45) is 5.92 Å². The number of carbonyl (C=O) groups excluding carboxylic acids is 1. The maximum atomic E-state index is 11.2. The van der Waals surface area contributed by atoms with Gasteiger partial charge in [0.05, 0.1) is 13.0 Å². The normalized spacial score (nSPS) is 13.2. The standard InChI is InChI=1S/C10H18O2/c1-4-6-8-9(7-5-2)10(11)12-3/h4,6,9H,5,7-8H2,1-3H3. The summed E-state index contributed by atoms with van der Waals surface area (Å²) >= 11 is 0. The van der Waals surface area contributed by atoms with Crippen LogP contribution >= 0.6 is 0 Å². The molecule has 0 aromatic rings. The first-order valence-corrected chi connectivity index (χ1v) is 4.45. The van der Waals surface area contributed by atoms with Crippen molar-refractivity contribution in [2.45, 2.75) is 33.1 Å². The van der Waals surface area contributed by atoms with Gasteiger partial charge < -0.3 is 4.74 Å². The van der Waals surface area contributed by atoms with Crippen molar-refractivity contribution < 1.29 is 9.53 Å². The molecule has 0 fully saturated rings. The molecule has 0 aliphatic rings. The highest BCUT2D eigenvalue weighted by atomic mass is 16.5. The van der Waals surface area contributed by atoms with Gasteiger partial charge in [-0.1, -0.05) is 25.5 Å². The van der Waals surface area contributed by atoms with Crippen LogP contribution in [-0.2, 0) is 9.53 Å². The lowest BCUT2D eigenvalue weighted by atomic mass is 10.00. The van der Waals surface area contributed by atoms with Gasteiger partial charge >= 0.3 is 5.97 Å². The predicted molar refractivity (Wildman–Crippen MR) is 49.8 cm³/mol. The van der Waals surface area contributed by atoms with Gasteiger partial charge in [-0.25, -0.2) is 0 Å². The first kappa shape index (κ1) is 11.2. The largest absolute Gasteiger partial charge is 0.469 e. The third kappa shape index (κ3) is 4.16. The molecule has 12 heavy (non-hydrogen) atoms. The van der Waals surface area contributed by atoms with E-state index in [1.54, 1.807) is 0 Å². The van der Waals surface area contributed by atoms with Crippen molar-refractivity contribution in [3.05, 3.63) is 12.2 Å². The summed E-state index contributed by atoms with van der Waals surface area (Å²) in [4.78, 5) is 11.2. The molecule has 1 atom stereocenters. The number of hydrogen-bond donors (Lipinski definition) is 0. The Bertz CT molecular complexity index is 150. The van der Waals surface area contributed by atoms with Crippen molar-refractivity contribution in [2.75, 3.05) is 7.11 Å². The molecule has 0 rings (SSSR count). The minimum atomic E-state index is -0.0880. The Hall–Kier alpha value is -0.790. The number of rotatable bonds is 5. The van der Waals surface area contributed by atoms with Crippen molar-refractivity contribution in [3.63, 3.8) is 0 Å². The average molecular weight is 170 g/mol. The third-order valence-electron chi connectivity index (χ3n) is 1.83. The van der Waals surface area contributed by atoms with Gasteiger partial charge in [-0.3, -0.25) is 4.79 Å². The van der Waals surface area contributed by atoms with E-state index in [-0.39, 0.29) is 11.9 Å². The van der Waals surface area contributed by atoms with Crippen LogP contribution in [0.1, 0.15) is 33.1 Å². The molecule has 0 aliphatic carbocycles. The van der Waals surface area contributed by atoms with Crippen LogP contribution < -0.4 is 0 Å². The van der Waals surface area contributed by atoms with E-state index in [0.717, 1.165) is 19.3 Å². The summed E-state index contributed by atoms with van der Waals surface area (Å²) in [6, 6.07) is 0. The monoisotopic (exact) mass is 170 g/mol. The summed E-state index contributed by atoms with van der Waals surface area (Å²) in [5.74, 6) is -0.0360. The van der Waals surface area contributed by atoms with E-state index in [1.165, 1.54) is 7.11 Å². The van der Waals surface area contributed by atoms with E-state index in [0.29, 0.717) is 0 Å². The molecule has 2 heteroatoms. The molecule has 0 spiro atoms. The van der Waals surface area contributed by atoms with Gasteiger partial charge in [0.2, 0.25) is 0 Å². The van der Waals surface area contributed by atoms with Crippen LogP contribution in [0.15, 0.2) is 12.2 Å². The van der Waals surface area contributed by atoms with Crippen LogP contribution in [0.4, 0.5) is 0 Å². The maximum Gasteiger partial charge on any atom is 0.308 e. The minimum absolute atomic E-state index is 0.0520. The fourth-order valence-electron chi connectivity index (χ4n) is 1.15. The topological polar surface area (TPSA) is 26.3 Å². The second-order valence-electron chi connectivity index (χ2n) is 2.81. The molecule has 2 nitrogen and oxygen atoms in total. The number of esters is 1. The Morgan fingerprint density at radius 3 is 2.67 bits per heavy atom. The SMILES string of the molecule is CC=CCC(CCC)C(=O)OC. The molecule has 0 amide bonds. The molecule has 0 N–H and O–H groups in total. The zero-order valence-corrected chi connectivity index (χ0v) is 8.17. The number of ether oxygens (including phenoxy) is 1. The summed E-state index contributed by atoms with van der Waals surface area (Å²) in [7, 11) is 1.45. The number of hydrogen-bond acceptors (Lipinski definition) is 2. The van der Waals surface area contributed by atoms with Crippen LogP contribution in [0, 0.1) is 5.92 Å². The van der Waals surface area contributed by atoms with Gasteiger partial charge in [0.25, 0.3) is 0 Å². The molecule has 0 aliphatic heterocycles. The number of allylic oxidation sites excluding steroid dienone is 2. The van der Waals surface area contributed by atoms with E-state index >= 15 is 0 Å². The summed E-state index contributed by atoms with van der Waals surface area (Å²) in [6.45, 7) is 4.03. The fourth-order valence-corrected chi connectivity index (χ4v) is 1.15. The average Bonchev–Trinajstić information content (AvgIpc) is 2.11. The molecule has 1 unspecified atom stereocenters. The van der Waals surface area contributed by atoms with Crippen LogP contribution in [0.5, 0.6) is 0 Å². The van der Waals surface area contributed by atoms with Crippen molar-refractivity contribution in [3.8, 4) is 0 Å². The van der Waals surface area contributed by atoms with Crippen molar-refractivity contribution in [1.29, 1.82) is 0 Å². The number of carbonyl (C=O) groups is 1. The molecular formula is C10H18O2. The highest BCUT2D eigenvalue weighted by molar-refractivity contribution is 5.72. The molecule has 70 valence electrons. The summed E-state index contributed by atoms with van der Waals surface area (Å²) in [5.41, 5.74) is 0. The quantitative estimate of drug-likeness (QED) is 0.468. The Balaban J connectivity index is 3.93. The van der Waals surface area contributed by atoms with Gasteiger partial charge in [0.15, 0.2) is 0 Å². The van der Waals surface area contributed by atoms with E-state index in [4.69, 9.17) is 0 Å². The first-order chi connectivity index (χ1) is 5.76. The molecule has 0 aromatic carbocycles. The molecule has 0 saturated heterocycles. The van der Waals surface area contributed by atoms with Crippen LogP contribution in [0.25, 0.3) is 0 Å². The van der Waals surface area contributed by atoms with Crippen molar-refractivity contribution >= 4 is 5.97 Å². The van der Waals surface area contributed by atoms with E-state index in [9.17, 15) is 4.79 Å². The minimum Gasteiger partial charge on any atom is -0.469 e. The van der Waals surface area contributed by atoms with Crippen LogP contribution in [0.2, 0.25) is 0 Å². The Kier molecular flexibility index (Phi) is 6.44. The Morgan fingerprint density at radius 2 is 2.25 bits per heavy atom. The molecule has 0 aromatic heterocycles. The van der Waals surface area contributed by atoms with E-state index < -0.39 is 0 Å². The van der Waals surface area contributed by atoms with Gasteiger partial charge in [0.1, 0.15) is 0 Å². The van der Waals surface area contributed by atoms with E-state index in [2.05, 4.69) is 11.7 Å². The lowest BCUT2D eigenvalue weighted by molar-refractivity contribution is -0.145. The fraction of sp³-hybridized carbons (Fsp3) is 0.700. The zero-order chi connectivity index (χ0) is 9.40. The number of methoxy groups -OCH3 is 1. The van der Waals surface area contributed by atoms with Gasteiger partial charge in [-0.15, -0.1) is 0 Å².